The van der Waals surface area contributed by atoms with Gasteiger partial charge in [-0.05, 0) is 31.0 Å². The van der Waals surface area contributed by atoms with Crippen LogP contribution in [0.3, 0.4) is 0 Å². The van der Waals surface area contributed by atoms with Gasteiger partial charge in [-0.25, -0.2) is 0 Å². The van der Waals surface area contributed by atoms with Gasteiger partial charge in [-0.1, -0.05) is 5.16 Å². The second-order valence-corrected chi connectivity index (χ2v) is 4.37. The third-order valence-electron chi connectivity index (χ3n) is 2.82. The van der Waals surface area contributed by atoms with Crippen molar-refractivity contribution in [1.82, 2.24) is 15.5 Å². The number of rotatable bonds is 4. The first-order valence-electron chi connectivity index (χ1n) is 5.81. The van der Waals surface area contributed by atoms with Gasteiger partial charge in [0, 0.05) is 11.6 Å². The topological polar surface area (TPSA) is 91.4 Å². The van der Waals surface area contributed by atoms with Gasteiger partial charge < -0.3 is 20.1 Å². The lowest BCUT2D eigenvalue weighted by atomic mass is 10.2. The normalized spacial score (nSPS) is 14.9. The predicted octanol–water partition coefficient (Wildman–Crippen LogP) is 1.40. The fraction of sp³-hybridized carbons (Fsp3) is 0.333. The number of hydrogen-bond donors (Lipinski definition) is 3. The molecule has 1 aromatic heterocycles. The highest BCUT2D eigenvalue weighted by molar-refractivity contribution is 5.59. The lowest BCUT2D eigenvalue weighted by molar-refractivity contribution is 0.367. The van der Waals surface area contributed by atoms with Gasteiger partial charge in [0.15, 0.2) is 11.5 Å². The van der Waals surface area contributed by atoms with Crippen LogP contribution in [0.25, 0.3) is 11.4 Å². The average molecular weight is 247 g/mol. The van der Waals surface area contributed by atoms with Crippen molar-refractivity contribution in [3.63, 3.8) is 0 Å². The average Bonchev–Trinajstić information content (AvgIpc) is 3.08. The van der Waals surface area contributed by atoms with Crippen LogP contribution in [-0.2, 0) is 6.54 Å². The van der Waals surface area contributed by atoms with E-state index >= 15 is 0 Å². The van der Waals surface area contributed by atoms with Crippen molar-refractivity contribution in [2.24, 2.45) is 0 Å². The molecule has 3 N–H and O–H groups in total. The van der Waals surface area contributed by atoms with Crippen molar-refractivity contribution in [2.75, 3.05) is 0 Å². The summed E-state index contributed by atoms with van der Waals surface area (Å²) in [6, 6.07) is 5.00. The van der Waals surface area contributed by atoms with Gasteiger partial charge in [0.2, 0.25) is 11.7 Å². The summed E-state index contributed by atoms with van der Waals surface area (Å²) < 4.78 is 5.10. The lowest BCUT2D eigenvalue weighted by Gasteiger charge is -1.98. The summed E-state index contributed by atoms with van der Waals surface area (Å²) in [7, 11) is 0. The first-order valence-corrected chi connectivity index (χ1v) is 5.81. The third-order valence-corrected chi connectivity index (χ3v) is 2.82. The monoisotopic (exact) mass is 247 g/mol. The molecule has 0 amide bonds. The summed E-state index contributed by atoms with van der Waals surface area (Å²) in [6.07, 6.45) is 2.40. The zero-order valence-electron chi connectivity index (χ0n) is 9.63. The van der Waals surface area contributed by atoms with Crippen molar-refractivity contribution in [2.45, 2.75) is 25.4 Å². The molecule has 1 fully saturated rings. The van der Waals surface area contributed by atoms with Crippen LogP contribution in [0.1, 0.15) is 18.7 Å². The van der Waals surface area contributed by atoms with Crippen molar-refractivity contribution < 1.29 is 14.7 Å². The van der Waals surface area contributed by atoms with Crippen molar-refractivity contribution in [1.29, 1.82) is 0 Å². The summed E-state index contributed by atoms with van der Waals surface area (Å²) in [5.74, 6) is 0.551. The number of phenols is 2. The minimum atomic E-state index is -0.199. The van der Waals surface area contributed by atoms with Crippen LogP contribution in [0.2, 0.25) is 0 Å². The molecule has 1 saturated carbocycles. The molecular weight excluding hydrogens is 234 g/mol. The van der Waals surface area contributed by atoms with Gasteiger partial charge in [-0.3, -0.25) is 0 Å². The first kappa shape index (κ1) is 11.0. The van der Waals surface area contributed by atoms with E-state index in [1.54, 1.807) is 6.07 Å². The zero-order valence-corrected chi connectivity index (χ0v) is 9.63. The molecule has 6 heteroatoms. The maximum absolute atomic E-state index is 9.40. The minimum Gasteiger partial charge on any atom is -0.504 e. The molecule has 0 spiro atoms. The van der Waals surface area contributed by atoms with E-state index in [0.717, 1.165) is 0 Å². The van der Waals surface area contributed by atoms with Crippen LogP contribution < -0.4 is 5.32 Å². The van der Waals surface area contributed by atoms with Crippen LogP contribution in [0.4, 0.5) is 0 Å². The van der Waals surface area contributed by atoms with Crippen LogP contribution in [0, 0.1) is 0 Å². The molecule has 1 aliphatic carbocycles. The third kappa shape index (κ3) is 2.28. The SMILES string of the molecule is Oc1ccc(-c2noc(CNC3CC3)n2)cc1O. The van der Waals surface area contributed by atoms with Gasteiger partial charge in [-0.2, -0.15) is 4.98 Å². The fourth-order valence-electron chi connectivity index (χ4n) is 1.63. The molecule has 3 rings (SSSR count). The molecule has 0 aliphatic heterocycles. The number of hydrogen-bond acceptors (Lipinski definition) is 6. The van der Waals surface area contributed by atoms with E-state index in [2.05, 4.69) is 15.5 Å². The highest BCUT2D eigenvalue weighted by Gasteiger charge is 2.21. The smallest absolute Gasteiger partial charge is 0.240 e. The van der Waals surface area contributed by atoms with Crippen molar-refractivity contribution in [3.05, 3.63) is 24.1 Å². The fourth-order valence-corrected chi connectivity index (χ4v) is 1.63. The number of nitrogens with one attached hydrogen (secondary N) is 1. The molecular formula is C12H13N3O3. The minimum absolute atomic E-state index is 0.169. The van der Waals surface area contributed by atoms with Crippen molar-refractivity contribution >= 4 is 0 Å². The summed E-state index contributed by atoms with van der Waals surface area (Å²) in [6.45, 7) is 0.557. The molecule has 2 aromatic rings. The van der Waals surface area contributed by atoms with E-state index < -0.39 is 0 Å². The van der Waals surface area contributed by atoms with Gasteiger partial charge in [0.25, 0.3) is 0 Å². The Hall–Kier alpha value is -2.08. The maximum Gasteiger partial charge on any atom is 0.240 e. The Balaban J connectivity index is 1.76. The molecule has 0 radical (unpaired) electrons. The molecule has 0 unspecified atom stereocenters. The summed E-state index contributed by atoms with van der Waals surface area (Å²) in [5, 5.41) is 25.7. The Bertz CT molecular complexity index is 563. The number of aromatic hydroxyl groups is 2. The summed E-state index contributed by atoms with van der Waals surface area (Å²) in [4.78, 5) is 4.22. The predicted molar refractivity (Wildman–Crippen MR) is 62.9 cm³/mol. The second-order valence-electron chi connectivity index (χ2n) is 4.37. The van der Waals surface area contributed by atoms with Crippen LogP contribution in [-0.4, -0.2) is 26.4 Å². The number of benzene rings is 1. The number of phenolic OH excluding ortho intramolecular Hbond substituents is 2. The van der Waals surface area contributed by atoms with E-state index in [1.807, 2.05) is 0 Å². The molecule has 18 heavy (non-hydrogen) atoms. The molecule has 6 nitrogen and oxygen atoms in total. The van der Waals surface area contributed by atoms with Gasteiger partial charge in [0.1, 0.15) is 0 Å². The van der Waals surface area contributed by atoms with Gasteiger partial charge >= 0.3 is 0 Å². The first-order chi connectivity index (χ1) is 8.72. The quantitative estimate of drug-likeness (QED) is 0.707. The van der Waals surface area contributed by atoms with Crippen LogP contribution in [0.15, 0.2) is 22.7 Å². The van der Waals surface area contributed by atoms with Crippen molar-refractivity contribution in [3.8, 4) is 22.9 Å². The van der Waals surface area contributed by atoms with E-state index in [0.29, 0.717) is 29.9 Å². The summed E-state index contributed by atoms with van der Waals surface area (Å²) in [5.41, 5.74) is 0.603. The molecule has 0 bridgehead atoms. The van der Waals surface area contributed by atoms with E-state index in [9.17, 15) is 10.2 Å². The molecule has 1 aromatic carbocycles. The van der Waals surface area contributed by atoms with E-state index in [4.69, 9.17) is 4.52 Å². The number of nitrogens with zero attached hydrogens (tertiary/aromatic N) is 2. The standard InChI is InChI=1S/C12H13N3O3/c16-9-4-1-7(5-10(9)17)12-14-11(18-15-12)6-13-8-2-3-8/h1,4-5,8,13,16-17H,2-3,6H2. The van der Waals surface area contributed by atoms with E-state index in [-0.39, 0.29) is 11.5 Å². The Morgan fingerprint density at radius 3 is 2.83 bits per heavy atom. The van der Waals surface area contributed by atoms with Gasteiger partial charge in [0.05, 0.1) is 6.54 Å². The van der Waals surface area contributed by atoms with Crippen LogP contribution in [0.5, 0.6) is 11.5 Å². The Labute approximate surface area is 103 Å². The lowest BCUT2D eigenvalue weighted by Crippen LogP contribution is -2.15. The number of aromatic nitrogens is 2. The molecule has 0 saturated heterocycles. The summed E-state index contributed by atoms with van der Waals surface area (Å²) >= 11 is 0. The second kappa shape index (κ2) is 4.30. The maximum atomic E-state index is 9.40. The largest absolute Gasteiger partial charge is 0.504 e. The Morgan fingerprint density at radius 2 is 2.11 bits per heavy atom. The molecule has 1 heterocycles. The Kier molecular flexibility index (Phi) is 2.64. The zero-order chi connectivity index (χ0) is 12.5. The van der Waals surface area contributed by atoms with Crippen LogP contribution >= 0.6 is 0 Å². The molecule has 0 atom stereocenters. The highest BCUT2D eigenvalue weighted by atomic mass is 16.5. The molecule has 94 valence electrons. The molecule has 1 aliphatic rings. The van der Waals surface area contributed by atoms with Gasteiger partial charge in [-0.15, -0.1) is 0 Å². The van der Waals surface area contributed by atoms with E-state index in [1.165, 1.54) is 25.0 Å². The highest BCUT2D eigenvalue weighted by Crippen LogP contribution is 2.29. The Morgan fingerprint density at radius 1 is 1.28 bits per heavy atom.